The summed E-state index contributed by atoms with van der Waals surface area (Å²) in [5.74, 6) is 2.03. The molecule has 0 fully saturated rings. The first kappa shape index (κ1) is 23.6. The fraction of sp³-hybridized carbons (Fsp3) is 0.400. The highest BCUT2D eigenvalue weighted by Gasteiger charge is 2.00. The number of pyridine rings is 1. The minimum Gasteiger partial charge on any atom is -0.356 e. The molecule has 2 N–H and O–H groups in total. The molecule has 1 aromatic carbocycles. The van der Waals surface area contributed by atoms with Crippen molar-refractivity contribution in [3.05, 3.63) is 70.1 Å². The third-order valence-corrected chi connectivity index (χ3v) is 4.72. The molecule has 0 aliphatic rings. The first-order valence-corrected chi connectivity index (χ1v) is 10.3. The van der Waals surface area contributed by atoms with Gasteiger partial charge in [-0.3, -0.25) is 9.79 Å². The molecule has 27 heavy (non-hydrogen) atoms. The second-order valence-electron chi connectivity index (χ2n) is 6.04. The van der Waals surface area contributed by atoms with E-state index >= 15 is 0 Å². The van der Waals surface area contributed by atoms with Gasteiger partial charge in [0.05, 0.1) is 6.54 Å². The molecular formula is C20H29IN4OS. The summed E-state index contributed by atoms with van der Waals surface area (Å²) in [5, 5.41) is 6.67. The Morgan fingerprint density at radius 2 is 1.81 bits per heavy atom. The van der Waals surface area contributed by atoms with Gasteiger partial charge in [0, 0.05) is 32.4 Å². The number of aromatic nitrogens is 1. The molecule has 2 rings (SSSR count). The molecule has 1 heterocycles. The van der Waals surface area contributed by atoms with Crippen LogP contribution in [0.2, 0.25) is 0 Å². The lowest BCUT2D eigenvalue weighted by Gasteiger charge is -2.12. The van der Waals surface area contributed by atoms with Crippen molar-refractivity contribution in [1.82, 2.24) is 15.2 Å². The zero-order valence-electron chi connectivity index (χ0n) is 16.0. The molecular weight excluding hydrogens is 471 g/mol. The van der Waals surface area contributed by atoms with Gasteiger partial charge in [0.1, 0.15) is 0 Å². The summed E-state index contributed by atoms with van der Waals surface area (Å²) in [4.78, 5) is 16.0. The van der Waals surface area contributed by atoms with Crippen LogP contribution in [0.3, 0.4) is 0 Å². The molecule has 2 aromatic rings. The van der Waals surface area contributed by atoms with Gasteiger partial charge in [0.2, 0.25) is 0 Å². The fourth-order valence-electron chi connectivity index (χ4n) is 2.54. The van der Waals surface area contributed by atoms with Crippen molar-refractivity contribution < 1.29 is 0 Å². The van der Waals surface area contributed by atoms with E-state index in [0.717, 1.165) is 31.0 Å². The van der Waals surface area contributed by atoms with Crippen LogP contribution in [0, 0.1) is 0 Å². The summed E-state index contributed by atoms with van der Waals surface area (Å²) in [6.45, 7) is 2.24. The number of unbranched alkanes of at least 4 members (excludes halogenated alkanes) is 1. The average molecular weight is 500 g/mol. The molecule has 7 heteroatoms. The first-order chi connectivity index (χ1) is 12.7. The third kappa shape index (κ3) is 8.83. The minimum atomic E-state index is 0. The number of benzene rings is 1. The predicted molar refractivity (Wildman–Crippen MR) is 127 cm³/mol. The maximum atomic E-state index is 11.8. The van der Waals surface area contributed by atoms with E-state index < -0.39 is 0 Å². The van der Waals surface area contributed by atoms with Gasteiger partial charge in [-0.1, -0.05) is 30.3 Å². The monoisotopic (exact) mass is 500 g/mol. The first-order valence-electron chi connectivity index (χ1n) is 8.89. The van der Waals surface area contributed by atoms with E-state index in [2.05, 4.69) is 46.1 Å². The van der Waals surface area contributed by atoms with Crippen LogP contribution in [0.15, 0.2) is 58.4 Å². The molecule has 0 saturated heterocycles. The second kappa shape index (κ2) is 13.7. The molecule has 0 aliphatic heterocycles. The van der Waals surface area contributed by atoms with E-state index in [0.29, 0.717) is 6.54 Å². The number of aliphatic imine (C=N–C) groups is 1. The van der Waals surface area contributed by atoms with Gasteiger partial charge < -0.3 is 15.2 Å². The Bertz CT molecular complexity index is 746. The Labute approximate surface area is 183 Å². The number of rotatable bonds is 9. The molecule has 1 aromatic heterocycles. The Morgan fingerprint density at radius 1 is 1.07 bits per heavy atom. The molecule has 0 aliphatic carbocycles. The standard InChI is InChI=1S/C20H28N4OS.HI/c1-21-20(22-12-4-6-14-26-2)23-15-17-8-10-18(11-9-17)16-24-13-5-3-7-19(24)25;/h3,5,7-11,13H,4,6,12,14-16H2,1-2H3,(H2,21,22,23);1H. The number of hydrogen-bond donors (Lipinski definition) is 2. The number of thioether (sulfide) groups is 1. The van der Waals surface area contributed by atoms with Crippen molar-refractivity contribution in [3.63, 3.8) is 0 Å². The SMILES string of the molecule is CN=C(NCCCCSC)NCc1ccc(Cn2ccccc2=O)cc1.I. The average Bonchev–Trinajstić information content (AvgIpc) is 2.67. The van der Waals surface area contributed by atoms with Crippen LogP contribution >= 0.6 is 35.7 Å². The van der Waals surface area contributed by atoms with Crippen molar-refractivity contribution >= 4 is 41.7 Å². The largest absolute Gasteiger partial charge is 0.356 e. The number of halogens is 1. The van der Waals surface area contributed by atoms with Gasteiger partial charge >= 0.3 is 0 Å². The Hall–Kier alpha value is -1.48. The van der Waals surface area contributed by atoms with E-state index in [1.807, 2.05) is 24.0 Å². The highest BCUT2D eigenvalue weighted by molar-refractivity contribution is 14.0. The molecule has 0 unspecified atom stereocenters. The summed E-state index contributed by atoms with van der Waals surface area (Å²) < 4.78 is 1.70. The topological polar surface area (TPSA) is 58.4 Å². The number of nitrogens with zero attached hydrogens (tertiary/aromatic N) is 2. The highest BCUT2D eigenvalue weighted by atomic mass is 127. The molecule has 5 nitrogen and oxygen atoms in total. The number of nitrogens with one attached hydrogen (secondary N) is 2. The van der Waals surface area contributed by atoms with Gasteiger partial charge in [-0.15, -0.1) is 24.0 Å². The Kier molecular flexibility index (Phi) is 11.9. The summed E-state index contributed by atoms with van der Waals surface area (Å²) in [6.07, 6.45) is 6.32. The normalized spacial score (nSPS) is 11.0. The van der Waals surface area contributed by atoms with Crippen molar-refractivity contribution in [2.75, 3.05) is 25.6 Å². The summed E-state index contributed by atoms with van der Waals surface area (Å²) in [6, 6.07) is 13.5. The smallest absolute Gasteiger partial charge is 0.250 e. The van der Waals surface area contributed by atoms with Crippen LogP contribution < -0.4 is 16.2 Å². The quantitative estimate of drug-likeness (QED) is 0.240. The van der Waals surface area contributed by atoms with Gasteiger partial charge in [0.25, 0.3) is 5.56 Å². The third-order valence-electron chi connectivity index (χ3n) is 4.03. The van der Waals surface area contributed by atoms with E-state index in [-0.39, 0.29) is 29.5 Å². The lowest BCUT2D eigenvalue weighted by Crippen LogP contribution is -2.37. The second-order valence-corrected chi connectivity index (χ2v) is 7.02. The van der Waals surface area contributed by atoms with Crippen LogP contribution in [-0.2, 0) is 13.1 Å². The van der Waals surface area contributed by atoms with E-state index in [1.54, 1.807) is 23.7 Å². The molecule has 0 spiro atoms. The minimum absolute atomic E-state index is 0. The Balaban J connectivity index is 0.00000364. The molecule has 0 amide bonds. The van der Waals surface area contributed by atoms with Gasteiger partial charge in [-0.2, -0.15) is 11.8 Å². The van der Waals surface area contributed by atoms with Crippen molar-refractivity contribution in [2.45, 2.75) is 25.9 Å². The van der Waals surface area contributed by atoms with E-state index in [9.17, 15) is 4.79 Å². The summed E-state index contributed by atoms with van der Waals surface area (Å²) in [7, 11) is 1.79. The zero-order valence-corrected chi connectivity index (χ0v) is 19.1. The molecule has 0 saturated carbocycles. The van der Waals surface area contributed by atoms with E-state index in [4.69, 9.17) is 0 Å². The van der Waals surface area contributed by atoms with Gasteiger partial charge in [-0.05, 0) is 42.0 Å². The van der Waals surface area contributed by atoms with Crippen molar-refractivity contribution in [2.24, 2.45) is 4.99 Å². The van der Waals surface area contributed by atoms with Gasteiger partial charge in [0.15, 0.2) is 5.96 Å². The summed E-state index contributed by atoms with van der Waals surface area (Å²) in [5.41, 5.74) is 2.31. The Morgan fingerprint density at radius 3 is 2.48 bits per heavy atom. The maximum Gasteiger partial charge on any atom is 0.250 e. The molecule has 0 radical (unpaired) electrons. The van der Waals surface area contributed by atoms with Crippen LogP contribution in [0.25, 0.3) is 0 Å². The molecule has 0 bridgehead atoms. The van der Waals surface area contributed by atoms with Crippen molar-refractivity contribution in [3.8, 4) is 0 Å². The van der Waals surface area contributed by atoms with Crippen LogP contribution in [0.5, 0.6) is 0 Å². The summed E-state index contributed by atoms with van der Waals surface area (Å²) >= 11 is 1.88. The fourth-order valence-corrected chi connectivity index (χ4v) is 3.03. The highest BCUT2D eigenvalue weighted by Crippen LogP contribution is 2.05. The van der Waals surface area contributed by atoms with Crippen LogP contribution in [0.1, 0.15) is 24.0 Å². The maximum absolute atomic E-state index is 11.8. The lowest BCUT2D eigenvalue weighted by molar-refractivity contribution is 0.732. The zero-order chi connectivity index (χ0) is 18.6. The molecule has 0 atom stereocenters. The lowest BCUT2D eigenvalue weighted by atomic mass is 10.1. The predicted octanol–water partition coefficient (Wildman–Crippen LogP) is 3.32. The van der Waals surface area contributed by atoms with Crippen LogP contribution in [0.4, 0.5) is 0 Å². The number of guanidine groups is 1. The van der Waals surface area contributed by atoms with E-state index in [1.165, 1.54) is 17.7 Å². The molecule has 148 valence electrons. The van der Waals surface area contributed by atoms with Gasteiger partial charge in [-0.25, -0.2) is 0 Å². The number of hydrogen-bond acceptors (Lipinski definition) is 3. The van der Waals surface area contributed by atoms with Crippen molar-refractivity contribution in [1.29, 1.82) is 0 Å². The van der Waals surface area contributed by atoms with Crippen LogP contribution in [-0.4, -0.2) is 36.1 Å².